The van der Waals surface area contributed by atoms with Gasteiger partial charge in [0, 0.05) is 13.0 Å². The van der Waals surface area contributed by atoms with Crippen LogP contribution in [0, 0.1) is 0 Å². The van der Waals surface area contributed by atoms with Crippen molar-refractivity contribution in [2.75, 3.05) is 13.1 Å². The highest BCUT2D eigenvalue weighted by Crippen LogP contribution is 2.02. The highest BCUT2D eigenvalue weighted by molar-refractivity contribution is 5.86. The third-order valence-electron chi connectivity index (χ3n) is 1.30. The summed E-state index contributed by atoms with van der Waals surface area (Å²) in [5.41, 5.74) is 0. The molecule has 1 aliphatic rings. The van der Waals surface area contributed by atoms with Gasteiger partial charge in [0.15, 0.2) is 5.78 Å². The van der Waals surface area contributed by atoms with Crippen molar-refractivity contribution in [3.8, 4) is 0 Å². The molecule has 1 rings (SSSR count). The number of nitrogens with zero attached hydrogens (tertiary/aromatic N) is 1. The molecule has 0 aromatic heterocycles. The molecule has 1 saturated heterocycles. The third-order valence-corrected chi connectivity index (χ3v) is 1.30. The largest absolute Gasteiger partial charge is 0.465 e. The first-order chi connectivity index (χ1) is 4.20. The number of carboxylic acid groups (broad SMARTS) is 1. The van der Waals surface area contributed by atoms with Crippen LogP contribution >= 0.6 is 0 Å². The minimum Gasteiger partial charge on any atom is -0.465 e. The van der Waals surface area contributed by atoms with Crippen molar-refractivity contribution in [1.29, 1.82) is 0 Å². The van der Waals surface area contributed by atoms with Crippen LogP contribution in [0.25, 0.3) is 0 Å². The zero-order chi connectivity index (χ0) is 6.85. The number of ketones is 1. The Morgan fingerprint density at radius 3 is 2.56 bits per heavy atom. The SMILES string of the molecule is O=C1CCN(C(=O)O)C1. The van der Waals surface area contributed by atoms with Crippen LogP contribution in [0.4, 0.5) is 4.79 Å². The first-order valence-electron chi connectivity index (χ1n) is 2.70. The fourth-order valence-corrected chi connectivity index (χ4v) is 0.794. The lowest BCUT2D eigenvalue weighted by molar-refractivity contribution is -0.116. The number of carbonyl (C=O) groups excluding carboxylic acids is 1. The summed E-state index contributed by atoms with van der Waals surface area (Å²) >= 11 is 0. The summed E-state index contributed by atoms with van der Waals surface area (Å²) in [6.45, 7) is 0.448. The Bertz CT molecular complexity index is 154. The van der Waals surface area contributed by atoms with Crippen LogP contribution in [0.2, 0.25) is 0 Å². The molecule has 0 saturated carbocycles. The van der Waals surface area contributed by atoms with Crippen molar-refractivity contribution in [3.05, 3.63) is 0 Å². The van der Waals surface area contributed by atoms with Gasteiger partial charge in [0.1, 0.15) is 0 Å². The summed E-state index contributed by atoms with van der Waals surface area (Å²) in [5.74, 6) is 0.0115. The van der Waals surface area contributed by atoms with Crippen LogP contribution in [0.15, 0.2) is 0 Å². The van der Waals surface area contributed by atoms with Gasteiger partial charge < -0.3 is 10.0 Å². The van der Waals surface area contributed by atoms with Crippen LogP contribution in [-0.4, -0.2) is 35.0 Å². The monoisotopic (exact) mass is 129 g/mol. The maximum atomic E-state index is 10.5. The number of Topliss-reactive ketones (excluding diaryl/α,β-unsaturated/α-hetero) is 1. The molecule has 0 radical (unpaired) electrons. The fourth-order valence-electron chi connectivity index (χ4n) is 0.794. The van der Waals surface area contributed by atoms with E-state index in [2.05, 4.69) is 0 Å². The molecule has 1 aliphatic heterocycles. The van der Waals surface area contributed by atoms with E-state index >= 15 is 0 Å². The average Bonchev–Trinajstić information content (AvgIpc) is 2.14. The molecule has 1 heterocycles. The third kappa shape index (κ3) is 1.19. The highest BCUT2D eigenvalue weighted by Gasteiger charge is 2.22. The van der Waals surface area contributed by atoms with Crippen LogP contribution in [0.3, 0.4) is 0 Å². The quantitative estimate of drug-likeness (QED) is 0.498. The van der Waals surface area contributed by atoms with E-state index in [9.17, 15) is 9.59 Å². The number of likely N-dealkylation sites (tertiary alicyclic amines) is 1. The van der Waals surface area contributed by atoms with Gasteiger partial charge in [-0.3, -0.25) is 4.79 Å². The normalized spacial score (nSPS) is 18.7. The maximum Gasteiger partial charge on any atom is 0.407 e. The zero-order valence-electron chi connectivity index (χ0n) is 4.83. The van der Waals surface area contributed by atoms with E-state index in [0.717, 1.165) is 4.90 Å². The first kappa shape index (κ1) is 6.07. The van der Waals surface area contributed by atoms with Gasteiger partial charge in [0.2, 0.25) is 0 Å². The molecular formula is C5H7NO3. The van der Waals surface area contributed by atoms with E-state index in [4.69, 9.17) is 5.11 Å². The Morgan fingerprint density at radius 1 is 1.67 bits per heavy atom. The second-order valence-corrected chi connectivity index (χ2v) is 1.99. The number of rotatable bonds is 0. The molecule has 1 fully saturated rings. The summed E-state index contributed by atoms with van der Waals surface area (Å²) in [5, 5.41) is 8.30. The lowest BCUT2D eigenvalue weighted by atomic mass is 10.4. The Balaban J connectivity index is 2.48. The minimum atomic E-state index is -0.999. The first-order valence-corrected chi connectivity index (χ1v) is 2.70. The predicted molar refractivity (Wildman–Crippen MR) is 29.2 cm³/mol. The van der Waals surface area contributed by atoms with Crippen molar-refractivity contribution >= 4 is 11.9 Å². The van der Waals surface area contributed by atoms with Crippen LogP contribution in [-0.2, 0) is 4.79 Å². The van der Waals surface area contributed by atoms with E-state index in [1.165, 1.54) is 0 Å². The Morgan fingerprint density at radius 2 is 2.33 bits per heavy atom. The van der Waals surface area contributed by atoms with Crippen LogP contribution in [0.5, 0.6) is 0 Å². The average molecular weight is 129 g/mol. The molecule has 0 aromatic carbocycles. The number of carbonyl (C=O) groups is 2. The molecule has 9 heavy (non-hydrogen) atoms. The van der Waals surface area contributed by atoms with E-state index in [1.54, 1.807) is 0 Å². The summed E-state index contributed by atoms with van der Waals surface area (Å²) in [6, 6.07) is 0. The van der Waals surface area contributed by atoms with Crippen molar-refractivity contribution < 1.29 is 14.7 Å². The van der Waals surface area contributed by atoms with E-state index in [0.29, 0.717) is 13.0 Å². The van der Waals surface area contributed by atoms with Gasteiger partial charge in [0.05, 0.1) is 6.54 Å². The van der Waals surface area contributed by atoms with E-state index in [1.807, 2.05) is 0 Å². The topological polar surface area (TPSA) is 57.6 Å². The predicted octanol–water partition coefficient (Wildman–Crippen LogP) is -0.0608. The lowest BCUT2D eigenvalue weighted by Crippen LogP contribution is -2.26. The Kier molecular flexibility index (Phi) is 1.38. The molecule has 50 valence electrons. The molecular weight excluding hydrogens is 122 g/mol. The number of hydrogen-bond donors (Lipinski definition) is 1. The molecule has 1 N–H and O–H groups in total. The van der Waals surface area contributed by atoms with Gasteiger partial charge in [-0.25, -0.2) is 4.79 Å². The standard InChI is InChI=1S/C5H7NO3/c7-4-1-2-6(3-4)5(8)9/h1-3H2,(H,8,9). The van der Waals surface area contributed by atoms with Gasteiger partial charge in [-0.05, 0) is 0 Å². The number of hydrogen-bond acceptors (Lipinski definition) is 2. The van der Waals surface area contributed by atoms with Crippen molar-refractivity contribution in [2.24, 2.45) is 0 Å². The Hall–Kier alpha value is -1.06. The van der Waals surface area contributed by atoms with Gasteiger partial charge >= 0.3 is 6.09 Å². The molecule has 0 aromatic rings. The second-order valence-electron chi connectivity index (χ2n) is 1.99. The summed E-state index contributed by atoms with van der Waals surface area (Å²) in [6.07, 6.45) is -0.618. The van der Waals surface area contributed by atoms with Crippen molar-refractivity contribution in [2.45, 2.75) is 6.42 Å². The highest BCUT2D eigenvalue weighted by atomic mass is 16.4. The molecule has 1 amide bonds. The van der Waals surface area contributed by atoms with Crippen molar-refractivity contribution in [3.63, 3.8) is 0 Å². The zero-order valence-corrected chi connectivity index (χ0v) is 4.83. The Labute approximate surface area is 52.1 Å². The molecule has 4 heteroatoms. The molecule has 0 unspecified atom stereocenters. The van der Waals surface area contributed by atoms with Crippen LogP contribution < -0.4 is 0 Å². The van der Waals surface area contributed by atoms with Crippen molar-refractivity contribution in [1.82, 2.24) is 4.90 Å². The molecule has 0 spiro atoms. The smallest absolute Gasteiger partial charge is 0.407 e. The maximum absolute atomic E-state index is 10.5. The van der Waals surface area contributed by atoms with E-state index in [-0.39, 0.29) is 12.3 Å². The van der Waals surface area contributed by atoms with Crippen LogP contribution in [0.1, 0.15) is 6.42 Å². The summed E-state index contributed by atoms with van der Waals surface area (Å²) in [4.78, 5) is 21.7. The molecule has 0 bridgehead atoms. The van der Waals surface area contributed by atoms with Gasteiger partial charge in [0.25, 0.3) is 0 Å². The minimum absolute atomic E-state index is 0.0115. The number of amides is 1. The van der Waals surface area contributed by atoms with E-state index < -0.39 is 6.09 Å². The lowest BCUT2D eigenvalue weighted by Gasteiger charge is -2.06. The second kappa shape index (κ2) is 2.05. The fraction of sp³-hybridized carbons (Fsp3) is 0.600. The van der Waals surface area contributed by atoms with Gasteiger partial charge in [-0.15, -0.1) is 0 Å². The van der Waals surface area contributed by atoms with Gasteiger partial charge in [-0.2, -0.15) is 0 Å². The molecule has 4 nitrogen and oxygen atoms in total. The summed E-state index contributed by atoms with van der Waals surface area (Å²) in [7, 11) is 0. The molecule has 0 atom stereocenters. The molecule has 0 aliphatic carbocycles. The van der Waals surface area contributed by atoms with Gasteiger partial charge in [-0.1, -0.05) is 0 Å². The summed E-state index contributed by atoms with van der Waals surface area (Å²) < 4.78 is 0.